The Morgan fingerprint density at radius 2 is 1.88 bits per heavy atom. The van der Waals surface area contributed by atoms with Crippen molar-refractivity contribution in [3.63, 3.8) is 0 Å². The lowest BCUT2D eigenvalue weighted by molar-refractivity contribution is 0.114. The van der Waals surface area contributed by atoms with Crippen LogP contribution in [0.4, 0.5) is 0 Å². The molecule has 2 nitrogen and oxygen atoms in total. The molecule has 0 aromatic heterocycles. The van der Waals surface area contributed by atoms with Crippen molar-refractivity contribution in [3.8, 4) is 0 Å². The number of hydrogen-bond donors (Lipinski definition) is 1. The van der Waals surface area contributed by atoms with Crippen molar-refractivity contribution in [2.45, 2.75) is 39.3 Å². The molecule has 0 saturated heterocycles. The fraction of sp³-hybridized carbons (Fsp3) is 0.600. The molecule has 0 heterocycles. The van der Waals surface area contributed by atoms with Gasteiger partial charge in [0.1, 0.15) is 0 Å². The minimum Gasteiger partial charge on any atom is -0.377 e. The van der Waals surface area contributed by atoms with Gasteiger partial charge >= 0.3 is 0 Å². The van der Waals surface area contributed by atoms with E-state index in [0.29, 0.717) is 12.0 Å². The van der Waals surface area contributed by atoms with Crippen molar-refractivity contribution in [3.05, 3.63) is 35.9 Å². The molecule has 1 aromatic carbocycles. The van der Waals surface area contributed by atoms with Gasteiger partial charge in [0.05, 0.1) is 6.61 Å². The SMILES string of the molecule is CNC(CCCOCc1ccccc1)C(C)C. The number of rotatable bonds is 8. The molecule has 0 amide bonds. The lowest BCUT2D eigenvalue weighted by Crippen LogP contribution is -2.30. The first-order valence-corrected chi connectivity index (χ1v) is 6.53. The molecule has 1 rings (SSSR count). The molecule has 1 N–H and O–H groups in total. The average molecular weight is 235 g/mol. The number of benzene rings is 1. The first kappa shape index (κ1) is 14.2. The summed E-state index contributed by atoms with van der Waals surface area (Å²) >= 11 is 0. The standard InChI is InChI=1S/C15H25NO/c1-13(2)15(16-3)10-7-11-17-12-14-8-5-4-6-9-14/h4-6,8-9,13,15-16H,7,10-12H2,1-3H3. The summed E-state index contributed by atoms with van der Waals surface area (Å²) in [5.74, 6) is 0.689. The number of ether oxygens (including phenoxy) is 1. The molecular weight excluding hydrogens is 210 g/mol. The predicted octanol–water partition coefficient (Wildman–Crippen LogP) is 3.23. The third-order valence-electron chi connectivity index (χ3n) is 3.09. The zero-order chi connectivity index (χ0) is 12.5. The second-order valence-corrected chi connectivity index (χ2v) is 4.82. The van der Waals surface area contributed by atoms with E-state index in [2.05, 4.69) is 43.4 Å². The number of nitrogens with one attached hydrogen (secondary N) is 1. The summed E-state index contributed by atoms with van der Waals surface area (Å²) < 4.78 is 5.67. The molecule has 1 aromatic rings. The van der Waals surface area contributed by atoms with Gasteiger partial charge in [-0.25, -0.2) is 0 Å². The first-order valence-electron chi connectivity index (χ1n) is 6.53. The summed E-state index contributed by atoms with van der Waals surface area (Å²) in [5.41, 5.74) is 1.25. The van der Waals surface area contributed by atoms with Crippen LogP contribution in [0.3, 0.4) is 0 Å². The Morgan fingerprint density at radius 1 is 1.18 bits per heavy atom. The molecule has 0 spiro atoms. The maximum absolute atomic E-state index is 5.67. The van der Waals surface area contributed by atoms with Crippen LogP contribution in [0.5, 0.6) is 0 Å². The van der Waals surface area contributed by atoms with Crippen LogP contribution in [-0.2, 0) is 11.3 Å². The molecule has 1 unspecified atom stereocenters. The topological polar surface area (TPSA) is 21.3 Å². The predicted molar refractivity (Wildman–Crippen MR) is 73.0 cm³/mol. The molecule has 0 bridgehead atoms. The molecule has 17 heavy (non-hydrogen) atoms. The largest absolute Gasteiger partial charge is 0.377 e. The summed E-state index contributed by atoms with van der Waals surface area (Å²) in [4.78, 5) is 0. The van der Waals surface area contributed by atoms with Crippen molar-refractivity contribution >= 4 is 0 Å². The Hall–Kier alpha value is -0.860. The average Bonchev–Trinajstić information content (AvgIpc) is 2.34. The van der Waals surface area contributed by atoms with Crippen molar-refractivity contribution in [1.82, 2.24) is 5.32 Å². The highest BCUT2D eigenvalue weighted by Crippen LogP contribution is 2.08. The fourth-order valence-corrected chi connectivity index (χ4v) is 1.98. The van der Waals surface area contributed by atoms with E-state index >= 15 is 0 Å². The van der Waals surface area contributed by atoms with E-state index in [4.69, 9.17) is 4.74 Å². The van der Waals surface area contributed by atoms with E-state index in [1.165, 1.54) is 12.0 Å². The van der Waals surface area contributed by atoms with Crippen LogP contribution in [0.2, 0.25) is 0 Å². The van der Waals surface area contributed by atoms with Gasteiger partial charge in [-0.1, -0.05) is 44.2 Å². The lowest BCUT2D eigenvalue weighted by Gasteiger charge is -2.19. The molecule has 2 heteroatoms. The summed E-state index contributed by atoms with van der Waals surface area (Å²) in [6.45, 7) is 6.09. The van der Waals surface area contributed by atoms with Crippen LogP contribution < -0.4 is 5.32 Å². The lowest BCUT2D eigenvalue weighted by atomic mass is 10.00. The third-order valence-corrected chi connectivity index (χ3v) is 3.09. The van der Waals surface area contributed by atoms with E-state index in [0.717, 1.165) is 19.6 Å². The van der Waals surface area contributed by atoms with Crippen LogP contribution in [0.1, 0.15) is 32.3 Å². The first-order chi connectivity index (χ1) is 8.24. The van der Waals surface area contributed by atoms with Gasteiger partial charge in [-0.3, -0.25) is 0 Å². The highest BCUT2D eigenvalue weighted by molar-refractivity contribution is 5.13. The van der Waals surface area contributed by atoms with E-state index in [-0.39, 0.29) is 0 Å². The second kappa shape index (κ2) is 8.26. The van der Waals surface area contributed by atoms with E-state index < -0.39 is 0 Å². The second-order valence-electron chi connectivity index (χ2n) is 4.82. The minimum atomic E-state index is 0.607. The summed E-state index contributed by atoms with van der Waals surface area (Å²) in [6.07, 6.45) is 2.31. The van der Waals surface area contributed by atoms with Gasteiger partial charge in [0.25, 0.3) is 0 Å². The Labute approximate surface area is 105 Å². The normalized spacial score (nSPS) is 12.9. The fourth-order valence-electron chi connectivity index (χ4n) is 1.98. The van der Waals surface area contributed by atoms with Crippen molar-refractivity contribution in [2.24, 2.45) is 5.92 Å². The molecule has 0 saturated carbocycles. The maximum atomic E-state index is 5.67. The van der Waals surface area contributed by atoms with Crippen LogP contribution in [0.25, 0.3) is 0 Å². The van der Waals surface area contributed by atoms with E-state index in [9.17, 15) is 0 Å². The molecule has 1 atom stereocenters. The Morgan fingerprint density at radius 3 is 2.47 bits per heavy atom. The van der Waals surface area contributed by atoms with Gasteiger partial charge < -0.3 is 10.1 Å². The summed E-state index contributed by atoms with van der Waals surface area (Å²) in [5, 5.41) is 3.35. The highest BCUT2D eigenvalue weighted by atomic mass is 16.5. The minimum absolute atomic E-state index is 0.607. The molecule has 0 radical (unpaired) electrons. The molecule has 0 aliphatic rings. The molecular formula is C15H25NO. The van der Waals surface area contributed by atoms with Crippen molar-refractivity contribution in [2.75, 3.05) is 13.7 Å². The zero-order valence-corrected chi connectivity index (χ0v) is 11.3. The van der Waals surface area contributed by atoms with Crippen LogP contribution in [0, 0.1) is 5.92 Å². The van der Waals surface area contributed by atoms with Gasteiger partial charge in [0.2, 0.25) is 0 Å². The Balaban J connectivity index is 2.08. The summed E-state index contributed by atoms with van der Waals surface area (Å²) in [6, 6.07) is 10.9. The molecule has 0 aliphatic heterocycles. The van der Waals surface area contributed by atoms with Gasteiger partial charge in [-0.15, -0.1) is 0 Å². The maximum Gasteiger partial charge on any atom is 0.0716 e. The van der Waals surface area contributed by atoms with Gasteiger partial charge in [0, 0.05) is 12.6 Å². The number of hydrogen-bond acceptors (Lipinski definition) is 2. The van der Waals surface area contributed by atoms with E-state index in [1.54, 1.807) is 0 Å². The van der Waals surface area contributed by atoms with Gasteiger partial charge in [-0.05, 0) is 31.4 Å². The monoisotopic (exact) mass is 235 g/mol. The quantitative estimate of drug-likeness (QED) is 0.699. The van der Waals surface area contributed by atoms with Crippen LogP contribution >= 0.6 is 0 Å². The Kier molecular flexibility index (Phi) is 6.90. The van der Waals surface area contributed by atoms with Crippen LogP contribution in [-0.4, -0.2) is 19.7 Å². The van der Waals surface area contributed by atoms with E-state index in [1.807, 2.05) is 13.1 Å². The Bertz CT molecular complexity index is 284. The van der Waals surface area contributed by atoms with Crippen molar-refractivity contribution in [1.29, 1.82) is 0 Å². The molecule has 0 aliphatic carbocycles. The molecule has 96 valence electrons. The highest BCUT2D eigenvalue weighted by Gasteiger charge is 2.09. The third kappa shape index (κ3) is 5.85. The zero-order valence-electron chi connectivity index (χ0n) is 11.3. The van der Waals surface area contributed by atoms with Gasteiger partial charge in [-0.2, -0.15) is 0 Å². The van der Waals surface area contributed by atoms with Gasteiger partial charge in [0.15, 0.2) is 0 Å². The van der Waals surface area contributed by atoms with Crippen LogP contribution in [0.15, 0.2) is 30.3 Å². The molecule has 0 fully saturated rings. The summed E-state index contributed by atoms with van der Waals surface area (Å²) in [7, 11) is 2.04. The smallest absolute Gasteiger partial charge is 0.0716 e. The van der Waals surface area contributed by atoms with Crippen molar-refractivity contribution < 1.29 is 4.74 Å².